The number of halogens is 2. The quantitative estimate of drug-likeness (QED) is 0.864. The maximum atomic E-state index is 13.1. The van der Waals surface area contributed by atoms with Gasteiger partial charge in [-0.1, -0.05) is 0 Å². The van der Waals surface area contributed by atoms with E-state index < -0.39 is 27.4 Å². The first-order valence-corrected chi connectivity index (χ1v) is 7.75. The van der Waals surface area contributed by atoms with Crippen molar-refractivity contribution in [2.45, 2.75) is 18.8 Å². The first-order chi connectivity index (χ1) is 9.94. The van der Waals surface area contributed by atoms with Crippen molar-refractivity contribution < 1.29 is 17.2 Å². The summed E-state index contributed by atoms with van der Waals surface area (Å²) in [5.41, 5.74) is 1.47. The SMILES string of the molecule is O=S(=O)(Cc1cc(F)cc(F)c1)N1Cc2cncnc2C1. The van der Waals surface area contributed by atoms with Crippen LogP contribution in [-0.2, 0) is 28.9 Å². The molecule has 0 bridgehead atoms. The van der Waals surface area contributed by atoms with Gasteiger partial charge in [0.15, 0.2) is 0 Å². The summed E-state index contributed by atoms with van der Waals surface area (Å²) in [6.45, 7) is 0.328. The second kappa shape index (κ2) is 5.12. The lowest BCUT2D eigenvalue weighted by molar-refractivity contribution is 0.429. The Kier molecular flexibility index (Phi) is 3.42. The predicted octanol–water partition coefficient (Wildman–Crippen LogP) is 1.60. The zero-order valence-corrected chi connectivity index (χ0v) is 11.6. The highest BCUT2D eigenvalue weighted by molar-refractivity contribution is 7.88. The van der Waals surface area contributed by atoms with Crippen LogP contribution in [0.2, 0.25) is 0 Å². The predicted molar refractivity (Wildman–Crippen MR) is 70.3 cm³/mol. The molecule has 0 aliphatic carbocycles. The molecule has 2 heterocycles. The summed E-state index contributed by atoms with van der Waals surface area (Å²) in [5.74, 6) is -2.05. The van der Waals surface area contributed by atoms with Crippen LogP contribution in [0, 0.1) is 11.6 Å². The van der Waals surface area contributed by atoms with Crippen molar-refractivity contribution in [3.05, 3.63) is 59.2 Å². The van der Waals surface area contributed by atoms with Gasteiger partial charge in [0, 0.05) is 24.4 Å². The molecule has 1 aromatic heterocycles. The first kappa shape index (κ1) is 14.0. The van der Waals surface area contributed by atoms with Crippen molar-refractivity contribution in [3.8, 4) is 0 Å². The minimum atomic E-state index is -3.68. The van der Waals surface area contributed by atoms with E-state index >= 15 is 0 Å². The molecule has 21 heavy (non-hydrogen) atoms. The summed E-state index contributed by atoms with van der Waals surface area (Å²) < 4.78 is 52.1. The van der Waals surface area contributed by atoms with Gasteiger partial charge in [0.2, 0.25) is 10.0 Å². The van der Waals surface area contributed by atoms with E-state index in [1.807, 2.05) is 0 Å². The van der Waals surface area contributed by atoms with E-state index in [4.69, 9.17) is 0 Å². The standard InChI is InChI=1S/C13H11F2N3O2S/c14-11-1-9(2-12(15)3-11)7-21(19,20)18-5-10-4-16-8-17-13(10)6-18/h1-4,8H,5-7H2. The van der Waals surface area contributed by atoms with Crippen LogP contribution >= 0.6 is 0 Å². The van der Waals surface area contributed by atoms with Gasteiger partial charge in [-0.05, 0) is 17.7 Å². The molecule has 3 rings (SSSR count). The molecule has 110 valence electrons. The van der Waals surface area contributed by atoms with Gasteiger partial charge in [-0.2, -0.15) is 4.31 Å². The van der Waals surface area contributed by atoms with E-state index in [1.165, 1.54) is 10.6 Å². The number of hydrogen-bond acceptors (Lipinski definition) is 4. The van der Waals surface area contributed by atoms with Gasteiger partial charge in [0.05, 0.1) is 18.0 Å². The maximum Gasteiger partial charge on any atom is 0.218 e. The summed E-state index contributed by atoms with van der Waals surface area (Å²) in [7, 11) is -3.68. The lowest BCUT2D eigenvalue weighted by Crippen LogP contribution is -2.27. The number of fused-ring (bicyclic) bond motifs is 1. The third kappa shape index (κ3) is 2.91. The van der Waals surface area contributed by atoms with E-state index in [1.54, 1.807) is 6.20 Å². The summed E-state index contributed by atoms with van der Waals surface area (Å²) in [6, 6.07) is 2.74. The van der Waals surface area contributed by atoms with E-state index in [-0.39, 0.29) is 18.7 Å². The van der Waals surface area contributed by atoms with Crippen LogP contribution < -0.4 is 0 Å². The van der Waals surface area contributed by atoms with Crippen LogP contribution in [-0.4, -0.2) is 22.7 Å². The Morgan fingerprint density at radius 1 is 1.14 bits per heavy atom. The van der Waals surface area contributed by atoms with E-state index in [2.05, 4.69) is 9.97 Å². The van der Waals surface area contributed by atoms with Crippen molar-refractivity contribution in [2.75, 3.05) is 0 Å². The van der Waals surface area contributed by atoms with Gasteiger partial charge in [0.1, 0.15) is 18.0 Å². The maximum absolute atomic E-state index is 13.1. The Morgan fingerprint density at radius 2 is 1.86 bits per heavy atom. The Morgan fingerprint density at radius 3 is 2.52 bits per heavy atom. The molecule has 5 nitrogen and oxygen atoms in total. The van der Waals surface area contributed by atoms with Gasteiger partial charge in [-0.15, -0.1) is 0 Å². The Hall–Kier alpha value is -1.93. The Balaban J connectivity index is 1.83. The van der Waals surface area contributed by atoms with Crippen LogP contribution in [0.1, 0.15) is 16.8 Å². The van der Waals surface area contributed by atoms with Crippen LogP contribution in [0.4, 0.5) is 8.78 Å². The van der Waals surface area contributed by atoms with E-state index in [0.29, 0.717) is 11.8 Å². The fourth-order valence-electron chi connectivity index (χ4n) is 2.26. The Labute approximate surface area is 120 Å². The van der Waals surface area contributed by atoms with Crippen molar-refractivity contribution in [2.24, 2.45) is 0 Å². The van der Waals surface area contributed by atoms with Crippen LogP contribution in [0.25, 0.3) is 0 Å². The molecule has 8 heteroatoms. The Bertz CT molecular complexity index is 751. The highest BCUT2D eigenvalue weighted by atomic mass is 32.2. The number of hydrogen-bond donors (Lipinski definition) is 0. The monoisotopic (exact) mass is 311 g/mol. The minimum Gasteiger partial charge on any atom is -0.244 e. The fourth-order valence-corrected chi connectivity index (χ4v) is 3.69. The first-order valence-electron chi connectivity index (χ1n) is 6.14. The molecule has 1 aliphatic rings. The third-order valence-electron chi connectivity index (χ3n) is 3.22. The van der Waals surface area contributed by atoms with Gasteiger partial charge >= 0.3 is 0 Å². The topological polar surface area (TPSA) is 63.2 Å². The molecule has 0 N–H and O–H groups in total. The molecular weight excluding hydrogens is 300 g/mol. The number of nitrogens with zero attached hydrogens (tertiary/aromatic N) is 3. The summed E-state index contributed by atoms with van der Waals surface area (Å²) in [4.78, 5) is 7.87. The zero-order valence-electron chi connectivity index (χ0n) is 10.8. The molecule has 0 fully saturated rings. The smallest absolute Gasteiger partial charge is 0.218 e. The van der Waals surface area contributed by atoms with Crippen molar-refractivity contribution in [1.29, 1.82) is 0 Å². The van der Waals surface area contributed by atoms with Crippen LogP contribution in [0.5, 0.6) is 0 Å². The van der Waals surface area contributed by atoms with Crippen molar-refractivity contribution in [1.82, 2.24) is 14.3 Å². The lowest BCUT2D eigenvalue weighted by Gasteiger charge is -2.15. The molecule has 0 radical (unpaired) electrons. The van der Waals surface area contributed by atoms with Crippen LogP contribution in [0.3, 0.4) is 0 Å². The average Bonchev–Trinajstić information content (AvgIpc) is 2.81. The summed E-state index contributed by atoms with van der Waals surface area (Å²) in [6.07, 6.45) is 2.93. The van der Waals surface area contributed by atoms with Gasteiger partial charge in [0.25, 0.3) is 0 Å². The van der Waals surface area contributed by atoms with Crippen molar-refractivity contribution >= 4 is 10.0 Å². The lowest BCUT2D eigenvalue weighted by atomic mass is 10.2. The van der Waals surface area contributed by atoms with E-state index in [9.17, 15) is 17.2 Å². The summed E-state index contributed by atoms with van der Waals surface area (Å²) >= 11 is 0. The number of sulfonamides is 1. The molecule has 0 saturated heterocycles. The number of aromatic nitrogens is 2. The molecule has 1 aliphatic heterocycles. The van der Waals surface area contributed by atoms with Gasteiger partial charge in [-0.25, -0.2) is 27.2 Å². The molecule has 0 saturated carbocycles. The van der Waals surface area contributed by atoms with Crippen LogP contribution in [0.15, 0.2) is 30.7 Å². The minimum absolute atomic E-state index is 0.0783. The highest BCUT2D eigenvalue weighted by Crippen LogP contribution is 2.24. The molecule has 1 aromatic carbocycles. The average molecular weight is 311 g/mol. The largest absolute Gasteiger partial charge is 0.244 e. The van der Waals surface area contributed by atoms with E-state index in [0.717, 1.165) is 17.7 Å². The van der Waals surface area contributed by atoms with Crippen molar-refractivity contribution in [3.63, 3.8) is 0 Å². The van der Waals surface area contributed by atoms with Gasteiger partial charge < -0.3 is 0 Å². The highest BCUT2D eigenvalue weighted by Gasteiger charge is 2.30. The van der Waals surface area contributed by atoms with Gasteiger partial charge in [-0.3, -0.25) is 0 Å². The fraction of sp³-hybridized carbons (Fsp3) is 0.231. The molecule has 0 unspecified atom stereocenters. The number of benzene rings is 1. The number of rotatable bonds is 3. The molecular formula is C13H11F2N3O2S. The second-order valence-corrected chi connectivity index (χ2v) is 6.77. The molecule has 0 spiro atoms. The molecule has 0 amide bonds. The third-order valence-corrected chi connectivity index (χ3v) is 4.96. The second-order valence-electron chi connectivity index (χ2n) is 4.80. The molecule has 0 atom stereocenters. The summed E-state index contributed by atoms with van der Waals surface area (Å²) in [5, 5.41) is 0. The normalized spacial score (nSPS) is 15.1. The zero-order chi connectivity index (χ0) is 15.0. The molecule has 2 aromatic rings.